The van der Waals surface area contributed by atoms with E-state index in [2.05, 4.69) is 138 Å². The molecule has 79 heavy (non-hydrogen) atoms. The van der Waals surface area contributed by atoms with Crippen LogP contribution in [0.3, 0.4) is 0 Å². The summed E-state index contributed by atoms with van der Waals surface area (Å²) in [6, 6.07) is 0. The molecule has 0 amide bonds. The molecular weight excluding hydrogens is 980 g/mol. The van der Waals surface area contributed by atoms with Crippen LogP contribution in [0.15, 0.2) is 90.1 Å². The van der Waals surface area contributed by atoms with E-state index in [0.717, 1.165) is 77.0 Å². The highest BCUT2D eigenvalue weighted by molar-refractivity contribution is 5.88. The molecule has 0 radical (unpaired) electrons. The first kappa shape index (κ1) is 76.9. The SMILES string of the molecule is CCCCCCCC=CCC1=NC(CC=CCCCCCCC)(CC=CCCCCCCC)C(CC=CCCCCCCC)(CC=CCCCCCCC)N1CC(O)(CC=CCCCCCCC)CC=CCCCCCCC.Cl. The predicted octanol–water partition coefficient (Wildman–Crippen LogP) is 25.5. The summed E-state index contributed by atoms with van der Waals surface area (Å²) in [6.07, 6.45) is 94.4. The molecule has 0 saturated carbocycles. The number of hydrogen-bond donors (Lipinski definition) is 1. The molecule has 1 aliphatic heterocycles. The summed E-state index contributed by atoms with van der Waals surface area (Å²) < 4.78 is 0. The molecule has 0 spiro atoms. The Kier molecular flexibility index (Phi) is 54.9. The summed E-state index contributed by atoms with van der Waals surface area (Å²) in [5.41, 5.74) is -1.66. The lowest BCUT2D eigenvalue weighted by molar-refractivity contribution is -0.0116. The summed E-state index contributed by atoms with van der Waals surface area (Å²) in [6.45, 7) is 16.8. The number of aliphatic hydroxyl groups is 1. The Morgan fingerprint density at radius 3 is 0.873 bits per heavy atom. The van der Waals surface area contributed by atoms with Gasteiger partial charge < -0.3 is 10.0 Å². The molecule has 0 fully saturated rings. The van der Waals surface area contributed by atoms with Crippen molar-refractivity contribution < 1.29 is 5.11 Å². The van der Waals surface area contributed by atoms with Crippen molar-refractivity contribution in [1.29, 1.82) is 0 Å². The highest BCUT2D eigenvalue weighted by atomic mass is 35.5. The third kappa shape index (κ3) is 39.1. The zero-order valence-electron chi connectivity index (χ0n) is 54.2. The average Bonchev–Trinajstić information content (AvgIpc) is 3.98. The number of unbranched alkanes of at least 4 members (excludes halogenated alkanes) is 35. The van der Waals surface area contributed by atoms with Crippen molar-refractivity contribution in [2.45, 2.75) is 380 Å². The van der Waals surface area contributed by atoms with Crippen molar-refractivity contribution in [2.24, 2.45) is 4.99 Å². The van der Waals surface area contributed by atoms with Crippen molar-refractivity contribution in [3.05, 3.63) is 85.1 Å². The lowest BCUT2D eigenvalue weighted by Crippen LogP contribution is -2.62. The number of halogens is 1. The molecule has 4 heteroatoms. The molecule has 1 rings (SSSR count). The van der Waals surface area contributed by atoms with Gasteiger partial charge in [-0.1, -0.05) is 313 Å². The summed E-state index contributed by atoms with van der Waals surface area (Å²) in [4.78, 5) is 9.06. The fraction of sp³-hybridized carbons (Fsp3) is 0.800. The van der Waals surface area contributed by atoms with Crippen LogP contribution in [0.5, 0.6) is 0 Å². The normalized spacial score (nSPS) is 17.9. The Labute approximate surface area is 502 Å². The van der Waals surface area contributed by atoms with Gasteiger partial charge in [-0.25, -0.2) is 0 Å². The van der Waals surface area contributed by atoms with Crippen LogP contribution in [0.4, 0.5) is 0 Å². The third-order valence-corrected chi connectivity index (χ3v) is 17.1. The minimum atomic E-state index is -0.933. The van der Waals surface area contributed by atoms with Crippen LogP contribution >= 0.6 is 12.4 Å². The fourth-order valence-electron chi connectivity index (χ4n) is 11.8. The minimum Gasteiger partial charge on any atom is -0.387 e. The number of aliphatic imine (C=N–C) groups is 1. The van der Waals surface area contributed by atoms with E-state index in [-0.39, 0.29) is 23.5 Å². The second-order valence-corrected chi connectivity index (χ2v) is 24.6. The number of β-amino-alcohol motifs (C(OH)–C–C–N with tert-alkyl or cyclic N) is 1. The van der Waals surface area contributed by atoms with Gasteiger partial charge in [-0.3, -0.25) is 4.99 Å². The molecule has 0 bridgehead atoms. The topological polar surface area (TPSA) is 35.8 Å². The van der Waals surface area contributed by atoms with Gasteiger partial charge in [0.15, 0.2) is 0 Å². The van der Waals surface area contributed by atoms with Gasteiger partial charge in [-0.05, 0) is 128 Å². The standard InChI is InChI=1S/C75H136N2O.ClH/c1-8-15-22-29-36-43-50-57-64-72-76-74(67-60-53-46-39-32-25-18-11-4,68-61-54-47-40-33-26-19-12-5)75(69-62-55-48-41-34-27-20-13-6,70-63-56-49-42-35-28-21-14-7)77(72)71-73(78,65-58-51-44-37-30-23-16-9-2)66-59-52-45-38-31-24-17-10-3;/h50-63,78H,8-49,64-71H2,1-7H3;1H. The maximum Gasteiger partial charge on any atom is 0.104 e. The van der Waals surface area contributed by atoms with E-state index < -0.39 is 5.60 Å². The monoisotopic (exact) mass is 1120 g/mol. The molecule has 0 aromatic heterocycles. The highest BCUT2D eigenvalue weighted by Gasteiger charge is 2.58. The quantitative estimate of drug-likeness (QED) is 0.0487. The Morgan fingerprint density at radius 1 is 0.329 bits per heavy atom. The molecule has 1 heterocycles. The van der Waals surface area contributed by atoms with Crippen LogP contribution < -0.4 is 0 Å². The largest absolute Gasteiger partial charge is 0.387 e. The van der Waals surface area contributed by atoms with Crippen LogP contribution in [-0.4, -0.2) is 39.1 Å². The second-order valence-electron chi connectivity index (χ2n) is 24.6. The summed E-state index contributed by atoms with van der Waals surface area (Å²) in [5, 5.41) is 13.6. The second kappa shape index (κ2) is 56.4. The summed E-state index contributed by atoms with van der Waals surface area (Å²) in [5.74, 6) is 1.21. The minimum absolute atomic E-state index is 0. The Morgan fingerprint density at radius 2 is 0.582 bits per heavy atom. The molecule has 0 aliphatic carbocycles. The fourth-order valence-corrected chi connectivity index (χ4v) is 11.8. The lowest BCUT2D eigenvalue weighted by Gasteiger charge is -2.51. The molecule has 460 valence electrons. The first-order chi connectivity index (χ1) is 38.4. The van der Waals surface area contributed by atoms with Crippen LogP contribution in [0.25, 0.3) is 0 Å². The molecule has 0 saturated heterocycles. The van der Waals surface area contributed by atoms with Gasteiger partial charge >= 0.3 is 0 Å². The van der Waals surface area contributed by atoms with Gasteiger partial charge in [0, 0.05) is 13.0 Å². The van der Waals surface area contributed by atoms with Gasteiger partial charge in [-0.2, -0.15) is 0 Å². The molecule has 0 aromatic rings. The van der Waals surface area contributed by atoms with E-state index in [1.807, 2.05) is 0 Å². The summed E-state index contributed by atoms with van der Waals surface area (Å²) in [7, 11) is 0. The molecule has 3 nitrogen and oxygen atoms in total. The van der Waals surface area contributed by atoms with E-state index in [1.54, 1.807) is 0 Å². The number of nitrogens with zero attached hydrogens (tertiary/aromatic N) is 2. The highest BCUT2D eigenvalue weighted by Crippen LogP contribution is 2.51. The zero-order valence-corrected chi connectivity index (χ0v) is 55.0. The van der Waals surface area contributed by atoms with Gasteiger partial charge in [0.1, 0.15) is 5.84 Å². The van der Waals surface area contributed by atoms with Gasteiger partial charge in [0.2, 0.25) is 0 Å². The lowest BCUT2D eigenvalue weighted by atomic mass is 9.67. The molecule has 0 unspecified atom stereocenters. The first-order valence-electron chi connectivity index (χ1n) is 35.0. The van der Waals surface area contributed by atoms with E-state index in [4.69, 9.17) is 4.99 Å². The van der Waals surface area contributed by atoms with Crippen molar-refractivity contribution in [2.75, 3.05) is 6.54 Å². The predicted molar refractivity (Wildman–Crippen MR) is 362 cm³/mol. The molecular formula is C75H137ClN2O. The number of allylic oxidation sites excluding steroid dienone is 7. The van der Waals surface area contributed by atoms with Crippen LogP contribution in [0.1, 0.15) is 363 Å². The zero-order chi connectivity index (χ0) is 56.6. The van der Waals surface area contributed by atoms with Gasteiger partial charge in [0.05, 0.1) is 16.7 Å². The van der Waals surface area contributed by atoms with E-state index in [0.29, 0.717) is 19.4 Å². The Hall–Kier alpha value is -2.10. The molecule has 0 atom stereocenters. The maximum absolute atomic E-state index is 13.6. The van der Waals surface area contributed by atoms with Crippen LogP contribution in [-0.2, 0) is 0 Å². The summed E-state index contributed by atoms with van der Waals surface area (Å²) >= 11 is 0. The van der Waals surface area contributed by atoms with E-state index >= 15 is 0 Å². The van der Waals surface area contributed by atoms with Crippen molar-refractivity contribution in [3.8, 4) is 0 Å². The number of hydrogen-bond acceptors (Lipinski definition) is 3. The van der Waals surface area contributed by atoms with Crippen molar-refractivity contribution in [1.82, 2.24) is 4.90 Å². The number of rotatable bonds is 58. The van der Waals surface area contributed by atoms with E-state index in [9.17, 15) is 5.11 Å². The van der Waals surface area contributed by atoms with Gasteiger partial charge in [0.25, 0.3) is 0 Å². The average molecular weight is 1120 g/mol. The van der Waals surface area contributed by atoms with Crippen LogP contribution in [0.2, 0.25) is 0 Å². The maximum atomic E-state index is 13.6. The third-order valence-electron chi connectivity index (χ3n) is 17.1. The van der Waals surface area contributed by atoms with E-state index in [1.165, 1.54) is 231 Å². The van der Waals surface area contributed by atoms with Crippen LogP contribution in [0, 0.1) is 0 Å². The Bertz CT molecular complexity index is 1470. The molecule has 0 aromatic carbocycles. The van der Waals surface area contributed by atoms with Gasteiger partial charge in [-0.15, -0.1) is 12.4 Å². The van der Waals surface area contributed by atoms with Crippen molar-refractivity contribution >= 4 is 18.2 Å². The smallest absolute Gasteiger partial charge is 0.104 e. The van der Waals surface area contributed by atoms with Crippen molar-refractivity contribution in [3.63, 3.8) is 0 Å². The number of amidine groups is 1. The first-order valence-corrected chi connectivity index (χ1v) is 35.0. The molecule has 1 N–H and O–H groups in total. The Balaban J connectivity index is 0.0000608. The molecule has 1 aliphatic rings.